The molecule has 0 saturated carbocycles. The maximum absolute atomic E-state index is 13.5. The monoisotopic (exact) mass is 328 g/mol. The minimum Gasteiger partial charge on any atom is -0.417 e. The van der Waals surface area contributed by atoms with Crippen molar-refractivity contribution in [1.82, 2.24) is 10.3 Å². The van der Waals surface area contributed by atoms with Crippen LogP contribution in [0.4, 0.5) is 4.39 Å². The van der Waals surface area contributed by atoms with Crippen molar-refractivity contribution in [2.45, 2.75) is 26.4 Å². The number of aromatic nitrogens is 1. The maximum Gasteiger partial charge on any atom is 0.399 e. The standard InChI is InChI=1S/C13H14BrFN2O2/c1-8(2)16-6-10-7-18-13(17-10)19-12-5-9(14)3-4-11(12)15/h3-5,7-8,16H,6H2,1-2H3. The van der Waals surface area contributed by atoms with E-state index in [1.165, 1.54) is 18.4 Å². The van der Waals surface area contributed by atoms with E-state index in [2.05, 4.69) is 26.2 Å². The number of ether oxygens (including phenoxy) is 1. The van der Waals surface area contributed by atoms with Gasteiger partial charge in [0.1, 0.15) is 6.26 Å². The van der Waals surface area contributed by atoms with Crippen LogP contribution >= 0.6 is 15.9 Å². The van der Waals surface area contributed by atoms with Crippen LogP contribution in [0, 0.1) is 5.82 Å². The van der Waals surface area contributed by atoms with Crippen molar-refractivity contribution in [3.05, 3.63) is 40.4 Å². The first kappa shape index (κ1) is 14.0. The summed E-state index contributed by atoms with van der Waals surface area (Å²) in [7, 11) is 0. The van der Waals surface area contributed by atoms with E-state index in [-0.39, 0.29) is 11.8 Å². The molecular weight excluding hydrogens is 315 g/mol. The highest BCUT2D eigenvalue weighted by Gasteiger charge is 2.10. The first-order valence-corrected chi connectivity index (χ1v) is 6.64. The molecule has 0 saturated heterocycles. The van der Waals surface area contributed by atoms with Crippen molar-refractivity contribution in [3.8, 4) is 11.8 Å². The molecule has 0 amide bonds. The summed E-state index contributed by atoms with van der Waals surface area (Å²) < 4.78 is 24.6. The fourth-order valence-corrected chi connectivity index (χ4v) is 1.71. The highest BCUT2D eigenvalue weighted by molar-refractivity contribution is 9.10. The first-order chi connectivity index (χ1) is 9.04. The molecule has 1 heterocycles. The van der Waals surface area contributed by atoms with E-state index in [0.717, 1.165) is 4.47 Å². The highest BCUT2D eigenvalue weighted by Crippen LogP contribution is 2.27. The molecule has 0 radical (unpaired) electrons. The van der Waals surface area contributed by atoms with Gasteiger partial charge >= 0.3 is 6.08 Å². The van der Waals surface area contributed by atoms with E-state index >= 15 is 0 Å². The van der Waals surface area contributed by atoms with Gasteiger partial charge in [-0.25, -0.2) is 4.39 Å². The van der Waals surface area contributed by atoms with Gasteiger partial charge in [-0.15, -0.1) is 0 Å². The van der Waals surface area contributed by atoms with Crippen molar-refractivity contribution < 1.29 is 13.5 Å². The van der Waals surface area contributed by atoms with Crippen molar-refractivity contribution in [2.24, 2.45) is 0 Å². The molecule has 0 fully saturated rings. The molecule has 0 aliphatic rings. The molecule has 1 N–H and O–H groups in total. The van der Waals surface area contributed by atoms with Gasteiger partial charge in [0, 0.05) is 17.1 Å². The lowest BCUT2D eigenvalue weighted by Crippen LogP contribution is -2.21. The second kappa shape index (κ2) is 6.16. The number of rotatable bonds is 5. The largest absolute Gasteiger partial charge is 0.417 e. The van der Waals surface area contributed by atoms with Crippen LogP contribution in [0.1, 0.15) is 19.5 Å². The molecule has 4 nitrogen and oxygen atoms in total. The van der Waals surface area contributed by atoms with E-state index in [4.69, 9.17) is 9.15 Å². The van der Waals surface area contributed by atoms with Crippen LogP contribution in [-0.4, -0.2) is 11.0 Å². The highest BCUT2D eigenvalue weighted by atomic mass is 79.9. The second-order valence-corrected chi connectivity index (χ2v) is 5.23. The Morgan fingerprint density at radius 2 is 2.26 bits per heavy atom. The van der Waals surface area contributed by atoms with Gasteiger partial charge in [-0.3, -0.25) is 0 Å². The molecule has 0 spiro atoms. The van der Waals surface area contributed by atoms with Crippen LogP contribution in [-0.2, 0) is 6.54 Å². The molecule has 0 unspecified atom stereocenters. The lowest BCUT2D eigenvalue weighted by atomic mass is 10.3. The van der Waals surface area contributed by atoms with Gasteiger partial charge in [0.2, 0.25) is 0 Å². The van der Waals surface area contributed by atoms with Crippen molar-refractivity contribution in [1.29, 1.82) is 0 Å². The fourth-order valence-electron chi connectivity index (χ4n) is 1.37. The van der Waals surface area contributed by atoms with E-state index < -0.39 is 5.82 Å². The van der Waals surface area contributed by atoms with E-state index in [1.807, 2.05) is 13.8 Å². The topological polar surface area (TPSA) is 47.3 Å². The lowest BCUT2D eigenvalue weighted by Gasteiger charge is -2.04. The summed E-state index contributed by atoms with van der Waals surface area (Å²) in [5, 5.41) is 3.20. The van der Waals surface area contributed by atoms with E-state index in [1.54, 1.807) is 6.07 Å². The Kier molecular flexibility index (Phi) is 4.55. The summed E-state index contributed by atoms with van der Waals surface area (Å²) in [5.41, 5.74) is 0.708. The van der Waals surface area contributed by atoms with Gasteiger partial charge < -0.3 is 14.5 Å². The molecule has 0 aliphatic heterocycles. The zero-order valence-corrected chi connectivity index (χ0v) is 12.2. The predicted molar refractivity (Wildman–Crippen MR) is 72.7 cm³/mol. The number of nitrogens with zero attached hydrogens (tertiary/aromatic N) is 1. The normalized spacial score (nSPS) is 11.0. The average Bonchev–Trinajstić information content (AvgIpc) is 2.79. The van der Waals surface area contributed by atoms with Crippen LogP contribution in [0.3, 0.4) is 0 Å². The SMILES string of the molecule is CC(C)NCc1coc(Oc2cc(Br)ccc2F)n1. The molecule has 2 rings (SSSR count). The molecule has 0 aliphatic carbocycles. The molecule has 1 aromatic heterocycles. The minimum absolute atomic E-state index is 0.0255. The van der Waals surface area contributed by atoms with Crippen LogP contribution in [0.2, 0.25) is 0 Å². The summed E-state index contributed by atoms with van der Waals surface area (Å²) in [5.74, 6) is -0.400. The van der Waals surface area contributed by atoms with Gasteiger partial charge in [-0.1, -0.05) is 29.8 Å². The van der Waals surface area contributed by atoms with E-state index in [0.29, 0.717) is 18.3 Å². The Morgan fingerprint density at radius 3 is 3.00 bits per heavy atom. The summed E-state index contributed by atoms with van der Waals surface area (Å²) in [6, 6.07) is 4.77. The Balaban J connectivity index is 2.05. The van der Waals surface area contributed by atoms with Gasteiger partial charge in [-0.2, -0.15) is 4.98 Å². The maximum atomic E-state index is 13.5. The number of hydrogen-bond acceptors (Lipinski definition) is 4. The molecule has 19 heavy (non-hydrogen) atoms. The van der Waals surface area contributed by atoms with Crippen LogP contribution in [0.15, 0.2) is 33.4 Å². The summed E-state index contributed by atoms with van der Waals surface area (Å²) in [6.07, 6.45) is 1.51. The zero-order valence-electron chi connectivity index (χ0n) is 10.6. The molecule has 6 heteroatoms. The van der Waals surface area contributed by atoms with Crippen molar-refractivity contribution >= 4 is 15.9 Å². The minimum atomic E-state index is -0.469. The number of oxazole rings is 1. The molecular formula is C13H14BrFN2O2. The van der Waals surface area contributed by atoms with Gasteiger partial charge in [0.15, 0.2) is 11.6 Å². The Hall–Kier alpha value is -1.40. The quantitative estimate of drug-likeness (QED) is 0.905. The van der Waals surface area contributed by atoms with Crippen molar-refractivity contribution in [2.75, 3.05) is 0 Å². The summed E-state index contributed by atoms with van der Waals surface area (Å²) >= 11 is 3.25. The molecule has 0 atom stereocenters. The lowest BCUT2D eigenvalue weighted by molar-refractivity contribution is 0.318. The Labute approximate surface area is 119 Å². The van der Waals surface area contributed by atoms with Gasteiger partial charge in [0.25, 0.3) is 0 Å². The first-order valence-electron chi connectivity index (χ1n) is 5.85. The van der Waals surface area contributed by atoms with E-state index in [9.17, 15) is 4.39 Å². The number of benzene rings is 1. The fraction of sp³-hybridized carbons (Fsp3) is 0.308. The summed E-state index contributed by atoms with van der Waals surface area (Å²) in [6.45, 7) is 4.65. The molecule has 0 bridgehead atoms. The number of nitrogens with one attached hydrogen (secondary N) is 1. The number of hydrogen-bond donors (Lipinski definition) is 1. The van der Waals surface area contributed by atoms with Gasteiger partial charge in [0.05, 0.1) is 5.69 Å². The average molecular weight is 329 g/mol. The van der Waals surface area contributed by atoms with Crippen LogP contribution in [0.25, 0.3) is 0 Å². The number of halogens is 2. The molecule has 102 valence electrons. The van der Waals surface area contributed by atoms with Crippen LogP contribution in [0.5, 0.6) is 11.8 Å². The van der Waals surface area contributed by atoms with Crippen molar-refractivity contribution in [3.63, 3.8) is 0 Å². The predicted octanol–water partition coefficient (Wildman–Crippen LogP) is 3.87. The Morgan fingerprint density at radius 1 is 1.47 bits per heavy atom. The van der Waals surface area contributed by atoms with Crippen LogP contribution < -0.4 is 10.1 Å². The third-order valence-electron chi connectivity index (χ3n) is 2.31. The smallest absolute Gasteiger partial charge is 0.399 e. The second-order valence-electron chi connectivity index (χ2n) is 4.32. The molecule has 2 aromatic rings. The van der Waals surface area contributed by atoms with Gasteiger partial charge in [-0.05, 0) is 18.2 Å². The summed E-state index contributed by atoms with van der Waals surface area (Å²) in [4.78, 5) is 4.11. The Bertz CT molecular complexity index is 557. The third kappa shape index (κ3) is 4.04. The molecule has 1 aromatic carbocycles. The third-order valence-corrected chi connectivity index (χ3v) is 2.81. The zero-order chi connectivity index (χ0) is 13.8.